The van der Waals surface area contributed by atoms with Crippen molar-refractivity contribution in [1.82, 2.24) is 4.98 Å². The number of hydrogen-bond donors (Lipinski definition) is 0. The van der Waals surface area contributed by atoms with Crippen LogP contribution in [0, 0.1) is 5.82 Å². The van der Waals surface area contributed by atoms with Crippen molar-refractivity contribution in [3.05, 3.63) is 59.6 Å². The molecule has 118 valence electrons. The smallest absolute Gasteiger partial charge is 0.244 e. The average Bonchev–Trinajstić information content (AvgIpc) is 3.24. The molecule has 1 aromatic carbocycles. The summed E-state index contributed by atoms with van der Waals surface area (Å²) >= 11 is 7.01. The van der Waals surface area contributed by atoms with Gasteiger partial charge in [0.15, 0.2) is 5.13 Å². The lowest BCUT2D eigenvalue weighted by atomic mass is 10.2. The minimum Gasteiger partial charge on any atom is -0.467 e. The third-order valence-electron chi connectivity index (χ3n) is 3.17. The second-order valence-electron chi connectivity index (χ2n) is 4.72. The minimum absolute atomic E-state index is 0.147. The van der Waals surface area contributed by atoms with Crippen molar-refractivity contribution < 1.29 is 13.6 Å². The monoisotopic (exact) mass is 350 g/mol. The molecule has 0 aliphatic carbocycles. The molecule has 0 unspecified atom stereocenters. The molecule has 0 radical (unpaired) electrons. The number of halogens is 2. The van der Waals surface area contributed by atoms with Crippen LogP contribution in [0.25, 0.3) is 11.3 Å². The van der Waals surface area contributed by atoms with Crippen LogP contribution in [0.1, 0.15) is 5.76 Å². The van der Waals surface area contributed by atoms with Crippen LogP contribution < -0.4 is 4.90 Å². The summed E-state index contributed by atoms with van der Waals surface area (Å²) in [5.41, 5.74) is 1.46. The van der Waals surface area contributed by atoms with Gasteiger partial charge in [0.2, 0.25) is 5.91 Å². The Morgan fingerprint density at radius 3 is 2.74 bits per heavy atom. The van der Waals surface area contributed by atoms with Crippen molar-refractivity contribution >= 4 is 34.0 Å². The quantitative estimate of drug-likeness (QED) is 0.644. The zero-order valence-electron chi connectivity index (χ0n) is 11.9. The summed E-state index contributed by atoms with van der Waals surface area (Å²) in [6.07, 6.45) is 1.55. The number of carbonyl (C=O) groups excluding carboxylic acids is 1. The van der Waals surface area contributed by atoms with Gasteiger partial charge in [0, 0.05) is 10.9 Å². The zero-order valence-corrected chi connectivity index (χ0v) is 13.5. The summed E-state index contributed by atoms with van der Waals surface area (Å²) < 4.78 is 18.3. The number of carbonyl (C=O) groups is 1. The predicted octanol–water partition coefficient (Wildman–Crippen LogP) is 4.31. The van der Waals surface area contributed by atoms with Gasteiger partial charge in [-0.3, -0.25) is 9.69 Å². The lowest BCUT2D eigenvalue weighted by molar-refractivity contribution is -0.116. The summed E-state index contributed by atoms with van der Waals surface area (Å²) in [6.45, 7) is 0.259. The van der Waals surface area contributed by atoms with Crippen LogP contribution in [-0.4, -0.2) is 16.8 Å². The van der Waals surface area contributed by atoms with E-state index in [1.54, 1.807) is 30.5 Å². The van der Waals surface area contributed by atoms with E-state index in [4.69, 9.17) is 16.0 Å². The number of furan rings is 1. The van der Waals surface area contributed by atoms with Crippen molar-refractivity contribution in [3.63, 3.8) is 0 Å². The third-order valence-corrected chi connectivity index (χ3v) is 4.26. The Labute approximate surface area is 141 Å². The molecule has 7 heteroatoms. The van der Waals surface area contributed by atoms with E-state index in [2.05, 4.69) is 4.98 Å². The average molecular weight is 351 g/mol. The van der Waals surface area contributed by atoms with Gasteiger partial charge < -0.3 is 4.42 Å². The predicted molar refractivity (Wildman–Crippen MR) is 88.1 cm³/mol. The molecule has 2 aromatic heterocycles. The molecule has 0 aliphatic rings. The van der Waals surface area contributed by atoms with E-state index >= 15 is 0 Å². The van der Waals surface area contributed by atoms with Gasteiger partial charge in [-0.15, -0.1) is 22.9 Å². The highest BCUT2D eigenvalue weighted by Gasteiger charge is 2.20. The molecule has 0 aliphatic heterocycles. The number of amides is 1. The van der Waals surface area contributed by atoms with Gasteiger partial charge in [0.25, 0.3) is 0 Å². The second kappa shape index (κ2) is 6.93. The van der Waals surface area contributed by atoms with E-state index in [0.717, 1.165) is 5.56 Å². The van der Waals surface area contributed by atoms with Crippen molar-refractivity contribution in [2.45, 2.75) is 6.54 Å². The second-order valence-corrected chi connectivity index (χ2v) is 5.82. The maximum atomic E-state index is 13.0. The highest BCUT2D eigenvalue weighted by molar-refractivity contribution is 7.14. The topological polar surface area (TPSA) is 46.3 Å². The molecule has 0 N–H and O–H groups in total. The molecule has 0 saturated carbocycles. The first kappa shape index (κ1) is 15.7. The Morgan fingerprint density at radius 2 is 2.09 bits per heavy atom. The number of alkyl halides is 1. The molecule has 0 spiro atoms. The van der Waals surface area contributed by atoms with E-state index in [1.807, 2.05) is 5.38 Å². The largest absolute Gasteiger partial charge is 0.467 e. The highest BCUT2D eigenvalue weighted by Crippen LogP contribution is 2.29. The maximum Gasteiger partial charge on any atom is 0.244 e. The number of rotatable bonds is 5. The van der Waals surface area contributed by atoms with Gasteiger partial charge in [-0.2, -0.15) is 0 Å². The van der Waals surface area contributed by atoms with E-state index in [9.17, 15) is 9.18 Å². The first-order chi connectivity index (χ1) is 11.2. The summed E-state index contributed by atoms with van der Waals surface area (Å²) in [4.78, 5) is 18.0. The molecular formula is C16H12ClFN2O2S. The molecule has 2 heterocycles. The fourth-order valence-electron chi connectivity index (χ4n) is 2.03. The van der Waals surface area contributed by atoms with E-state index < -0.39 is 0 Å². The highest BCUT2D eigenvalue weighted by atomic mass is 35.5. The van der Waals surface area contributed by atoms with E-state index in [-0.39, 0.29) is 24.1 Å². The first-order valence-corrected chi connectivity index (χ1v) is 8.19. The van der Waals surface area contributed by atoms with Crippen LogP contribution in [0.3, 0.4) is 0 Å². The number of nitrogens with zero attached hydrogens (tertiary/aromatic N) is 2. The zero-order chi connectivity index (χ0) is 16.2. The van der Waals surface area contributed by atoms with Gasteiger partial charge in [-0.1, -0.05) is 0 Å². The number of thiazole rings is 1. The summed E-state index contributed by atoms with van der Waals surface area (Å²) in [7, 11) is 0. The molecule has 4 nitrogen and oxygen atoms in total. The number of benzene rings is 1. The lowest BCUT2D eigenvalue weighted by Crippen LogP contribution is -2.31. The third kappa shape index (κ3) is 3.60. The fourth-order valence-corrected chi connectivity index (χ4v) is 3.03. The summed E-state index contributed by atoms with van der Waals surface area (Å²) in [6, 6.07) is 9.58. The van der Waals surface area contributed by atoms with Gasteiger partial charge in [-0.05, 0) is 36.4 Å². The molecule has 0 saturated heterocycles. The SMILES string of the molecule is O=C(CCl)N(Cc1ccco1)c1nc(-c2ccc(F)cc2)cs1. The molecular weight excluding hydrogens is 339 g/mol. The van der Waals surface area contributed by atoms with Gasteiger partial charge in [0.1, 0.15) is 17.5 Å². The minimum atomic E-state index is -0.305. The van der Waals surface area contributed by atoms with Crippen LogP contribution in [0.15, 0.2) is 52.5 Å². The van der Waals surface area contributed by atoms with E-state index in [1.165, 1.54) is 28.4 Å². The Morgan fingerprint density at radius 1 is 1.30 bits per heavy atom. The van der Waals surface area contributed by atoms with Crippen molar-refractivity contribution in [1.29, 1.82) is 0 Å². The normalized spacial score (nSPS) is 10.7. The number of aromatic nitrogens is 1. The Kier molecular flexibility index (Phi) is 4.73. The molecule has 0 bridgehead atoms. The maximum absolute atomic E-state index is 13.0. The van der Waals surface area contributed by atoms with Crippen LogP contribution >= 0.6 is 22.9 Å². The summed E-state index contributed by atoms with van der Waals surface area (Å²) in [5.74, 6) is -0.0716. The van der Waals surface area contributed by atoms with Crippen LogP contribution in [-0.2, 0) is 11.3 Å². The van der Waals surface area contributed by atoms with Gasteiger partial charge in [0.05, 0.1) is 18.5 Å². The molecule has 1 amide bonds. The Balaban J connectivity index is 1.88. The van der Waals surface area contributed by atoms with Crippen LogP contribution in [0.5, 0.6) is 0 Å². The number of anilines is 1. The first-order valence-electron chi connectivity index (χ1n) is 6.77. The fraction of sp³-hybridized carbons (Fsp3) is 0.125. The Bertz CT molecular complexity index is 787. The lowest BCUT2D eigenvalue weighted by Gasteiger charge is -2.17. The van der Waals surface area contributed by atoms with Crippen molar-refractivity contribution in [2.75, 3.05) is 10.8 Å². The molecule has 0 fully saturated rings. The number of hydrogen-bond acceptors (Lipinski definition) is 4. The van der Waals surface area contributed by atoms with Gasteiger partial charge >= 0.3 is 0 Å². The van der Waals surface area contributed by atoms with Crippen LogP contribution in [0.2, 0.25) is 0 Å². The molecule has 23 heavy (non-hydrogen) atoms. The van der Waals surface area contributed by atoms with Crippen molar-refractivity contribution in [2.24, 2.45) is 0 Å². The van der Waals surface area contributed by atoms with E-state index in [0.29, 0.717) is 16.6 Å². The van der Waals surface area contributed by atoms with Crippen molar-refractivity contribution in [3.8, 4) is 11.3 Å². The Hall–Kier alpha value is -2.18. The van der Waals surface area contributed by atoms with Crippen LogP contribution in [0.4, 0.5) is 9.52 Å². The molecule has 3 aromatic rings. The molecule has 3 rings (SSSR count). The molecule has 0 atom stereocenters. The van der Waals surface area contributed by atoms with Gasteiger partial charge in [-0.25, -0.2) is 9.37 Å². The summed E-state index contributed by atoms with van der Waals surface area (Å²) in [5, 5.41) is 2.34. The standard InChI is InChI=1S/C16H12ClFN2O2S/c17-8-15(21)20(9-13-2-1-7-22-13)16-19-14(10-23-16)11-3-5-12(18)6-4-11/h1-7,10H,8-9H2.